The number of nitrogens with one attached hydrogen (secondary N) is 1. The van der Waals surface area contributed by atoms with Crippen LogP contribution in [0.15, 0.2) is 48.5 Å². The van der Waals surface area contributed by atoms with E-state index in [-0.39, 0.29) is 17.7 Å². The van der Waals surface area contributed by atoms with Gasteiger partial charge in [-0.05, 0) is 55.7 Å². The zero-order valence-electron chi connectivity index (χ0n) is 15.7. The lowest BCUT2D eigenvalue weighted by atomic mass is 10.1. The number of nitrogens with zero attached hydrogens (tertiary/aromatic N) is 2. The molecule has 0 unspecified atom stereocenters. The van der Waals surface area contributed by atoms with Crippen LogP contribution in [-0.2, 0) is 4.79 Å². The molecular weight excluding hydrogens is 354 g/mol. The van der Waals surface area contributed by atoms with Gasteiger partial charge in [0.1, 0.15) is 0 Å². The first-order valence-electron chi connectivity index (χ1n) is 9.73. The minimum Gasteiger partial charge on any atom is -0.339 e. The molecule has 0 bridgehead atoms. The molecule has 0 aliphatic carbocycles. The van der Waals surface area contributed by atoms with Crippen LogP contribution in [0.4, 0.5) is 11.4 Å². The SMILES string of the molecule is O=C(Nc1cccc(C(=O)N2CCCC2)c1)c1cccc(N2CCCC2=O)c1. The van der Waals surface area contributed by atoms with Crippen LogP contribution in [0, 0.1) is 0 Å². The number of carbonyl (C=O) groups is 3. The first kappa shape index (κ1) is 18.2. The van der Waals surface area contributed by atoms with Gasteiger partial charge >= 0.3 is 0 Å². The highest BCUT2D eigenvalue weighted by atomic mass is 16.2. The number of anilines is 2. The van der Waals surface area contributed by atoms with Crippen molar-refractivity contribution in [3.63, 3.8) is 0 Å². The Balaban J connectivity index is 1.48. The van der Waals surface area contributed by atoms with Gasteiger partial charge in [0, 0.05) is 48.6 Å². The molecule has 0 radical (unpaired) electrons. The van der Waals surface area contributed by atoms with Crippen molar-refractivity contribution in [1.29, 1.82) is 0 Å². The van der Waals surface area contributed by atoms with E-state index >= 15 is 0 Å². The molecule has 0 atom stereocenters. The second-order valence-corrected chi connectivity index (χ2v) is 7.23. The predicted octanol–water partition coefficient (Wildman–Crippen LogP) is 3.30. The molecule has 0 spiro atoms. The summed E-state index contributed by atoms with van der Waals surface area (Å²) in [5.74, 6) is -0.173. The van der Waals surface area contributed by atoms with E-state index in [2.05, 4.69) is 5.32 Å². The van der Waals surface area contributed by atoms with Crippen LogP contribution in [0.25, 0.3) is 0 Å². The summed E-state index contributed by atoms with van der Waals surface area (Å²) in [6.07, 6.45) is 3.47. The third-order valence-corrected chi connectivity index (χ3v) is 5.25. The van der Waals surface area contributed by atoms with Gasteiger partial charge in [-0.2, -0.15) is 0 Å². The summed E-state index contributed by atoms with van der Waals surface area (Å²) in [4.78, 5) is 40.7. The number of likely N-dealkylation sites (tertiary alicyclic amines) is 1. The van der Waals surface area contributed by atoms with Gasteiger partial charge in [-0.3, -0.25) is 14.4 Å². The van der Waals surface area contributed by atoms with Crippen LogP contribution in [0.5, 0.6) is 0 Å². The molecule has 6 nitrogen and oxygen atoms in total. The standard InChI is InChI=1S/C22H23N3O3/c26-20-10-5-13-25(20)19-9-4-6-16(15-19)21(27)23-18-8-3-7-17(14-18)22(28)24-11-1-2-12-24/h3-4,6-9,14-15H,1-2,5,10-13H2,(H,23,27). The summed E-state index contributed by atoms with van der Waals surface area (Å²) in [7, 11) is 0. The average Bonchev–Trinajstić information content (AvgIpc) is 3.39. The first-order chi connectivity index (χ1) is 13.6. The fourth-order valence-corrected chi connectivity index (χ4v) is 3.77. The molecule has 0 saturated carbocycles. The monoisotopic (exact) mass is 377 g/mol. The fourth-order valence-electron chi connectivity index (χ4n) is 3.77. The minimum atomic E-state index is -0.265. The molecule has 1 N–H and O–H groups in total. The van der Waals surface area contributed by atoms with Crippen LogP contribution in [-0.4, -0.2) is 42.3 Å². The van der Waals surface area contributed by atoms with Gasteiger partial charge in [-0.15, -0.1) is 0 Å². The van der Waals surface area contributed by atoms with E-state index in [1.807, 2.05) is 11.0 Å². The van der Waals surface area contributed by atoms with E-state index in [4.69, 9.17) is 0 Å². The van der Waals surface area contributed by atoms with Crippen molar-refractivity contribution in [3.8, 4) is 0 Å². The van der Waals surface area contributed by atoms with Gasteiger partial charge in [0.2, 0.25) is 5.91 Å². The third-order valence-electron chi connectivity index (χ3n) is 5.25. The van der Waals surface area contributed by atoms with Gasteiger partial charge in [0.25, 0.3) is 11.8 Å². The largest absolute Gasteiger partial charge is 0.339 e. The van der Waals surface area contributed by atoms with Crippen LogP contribution in [0.1, 0.15) is 46.4 Å². The van der Waals surface area contributed by atoms with Crippen molar-refractivity contribution in [3.05, 3.63) is 59.7 Å². The molecular formula is C22H23N3O3. The molecule has 2 heterocycles. The van der Waals surface area contributed by atoms with E-state index in [0.29, 0.717) is 29.8 Å². The molecule has 2 aromatic carbocycles. The van der Waals surface area contributed by atoms with Crippen LogP contribution in [0.2, 0.25) is 0 Å². The zero-order chi connectivity index (χ0) is 19.5. The Morgan fingerprint density at radius 3 is 2.36 bits per heavy atom. The summed E-state index contributed by atoms with van der Waals surface area (Å²) < 4.78 is 0. The number of carbonyl (C=O) groups excluding carboxylic acids is 3. The zero-order valence-corrected chi connectivity index (χ0v) is 15.7. The molecule has 4 rings (SSSR count). The van der Waals surface area contributed by atoms with Crippen molar-refractivity contribution in [2.24, 2.45) is 0 Å². The first-order valence-corrected chi connectivity index (χ1v) is 9.73. The molecule has 2 aliphatic heterocycles. The van der Waals surface area contributed by atoms with Gasteiger partial charge in [0.15, 0.2) is 0 Å². The maximum atomic E-state index is 12.7. The van der Waals surface area contributed by atoms with E-state index in [9.17, 15) is 14.4 Å². The number of rotatable bonds is 4. The maximum Gasteiger partial charge on any atom is 0.255 e. The summed E-state index contributed by atoms with van der Waals surface area (Å²) in [6.45, 7) is 2.26. The maximum absolute atomic E-state index is 12.7. The highest BCUT2D eigenvalue weighted by Crippen LogP contribution is 2.23. The average molecular weight is 377 g/mol. The molecule has 0 aromatic heterocycles. The molecule has 2 saturated heterocycles. The van der Waals surface area contributed by atoms with Crippen molar-refractivity contribution in [1.82, 2.24) is 4.90 Å². The lowest BCUT2D eigenvalue weighted by Gasteiger charge is -2.17. The van der Waals surface area contributed by atoms with E-state index in [1.54, 1.807) is 47.4 Å². The van der Waals surface area contributed by atoms with Crippen molar-refractivity contribution < 1.29 is 14.4 Å². The fraction of sp³-hybridized carbons (Fsp3) is 0.318. The molecule has 3 amide bonds. The van der Waals surface area contributed by atoms with Gasteiger partial charge in [-0.25, -0.2) is 0 Å². The molecule has 2 aliphatic rings. The second kappa shape index (κ2) is 7.84. The lowest BCUT2D eigenvalue weighted by Crippen LogP contribution is -2.27. The lowest BCUT2D eigenvalue weighted by molar-refractivity contribution is -0.117. The molecule has 28 heavy (non-hydrogen) atoms. The third kappa shape index (κ3) is 3.76. The highest BCUT2D eigenvalue weighted by Gasteiger charge is 2.23. The summed E-state index contributed by atoms with van der Waals surface area (Å²) in [5.41, 5.74) is 2.38. The highest BCUT2D eigenvalue weighted by molar-refractivity contribution is 6.06. The van der Waals surface area contributed by atoms with E-state index in [1.165, 1.54) is 0 Å². The van der Waals surface area contributed by atoms with E-state index in [0.717, 1.165) is 38.0 Å². The Labute approximate surface area is 164 Å². The van der Waals surface area contributed by atoms with Crippen molar-refractivity contribution in [2.75, 3.05) is 29.9 Å². The molecule has 6 heteroatoms. The van der Waals surface area contributed by atoms with Crippen molar-refractivity contribution >= 4 is 29.1 Å². The number of hydrogen-bond donors (Lipinski definition) is 1. The normalized spacial score (nSPS) is 16.5. The molecule has 2 fully saturated rings. The number of benzene rings is 2. The molecule has 144 valence electrons. The number of amides is 3. The summed E-state index contributed by atoms with van der Waals surface area (Å²) in [6, 6.07) is 14.1. The van der Waals surface area contributed by atoms with Crippen molar-refractivity contribution in [2.45, 2.75) is 25.7 Å². The Morgan fingerprint density at radius 2 is 1.61 bits per heavy atom. The van der Waals surface area contributed by atoms with E-state index < -0.39 is 0 Å². The Kier molecular flexibility index (Phi) is 5.10. The van der Waals surface area contributed by atoms with Gasteiger partial charge in [0.05, 0.1) is 0 Å². The molecule has 2 aromatic rings. The van der Waals surface area contributed by atoms with Gasteiger partial charge < -0.3 is 15.1 Å². The van der Waals surface area contributed by atoms with Crippen LogP contribution >= 0.6 is 0 Å². The predicted molar refractivity (Wildman–Crippen MR) is 108 cm³/mol. The second-order valence-electron chi connectivity index (χ2n) is 7.23. The Bertz CT molecular complexity index is 919. The van der Waals surface area contributed by atoms with Gasteiger partial charge in [-0.1, -0.05) is 12.1 Å². The summed E-state index contributed by atoms with van der Waals surface area (Å²) >= 11 is 0. The topological polar surface area (TPSA) is 69.7 Å². The Hall–Kier alpha value is -3.15. The smallest absolute Gasteiger partial charge is 0.255 e. The van der Waals surface area contributed by atoms with Crippen LogP contribution in [0.3, 0.4) is 0 Å². The number of hydrogen-bond acceptors (Lipinski definition) is 3. The van der Waals surface area contributed by atoms with Crippen LogP contribution < -0.4 is 10.2 Å². The Morgan fingerprint density at radius 1 is 0.857 bits per heavy atom. The quantitative estimate of drug-likeness (QED) is 0.889. The minimum absolute atomic E-state index is 0.00291. The summed E-state index contributed by atoms with van der Waals surface area (Å²) in [5, 5.41) is 2.86.